The molecule has 1 aromatic rings. The summed E-state index contributed by atoms with van der Waals surface area (Å²) in [4.78, 5) is 6.25. The molecule has 0 radical (unpaired) electrons. The average Bonchev–Trinajstić information content (AvgIpc) is 2.34. The van der Waals surface area contributed by atoms with Crippen LogP contribution in [0.2, 0.25) is 0 Å². The van der Waals surface area contributed by atoms with Gasteiger partial charge in [-0.25, -0.2) is 0 Å². The fourth-order valence-electron chi connectivity index (χ4n) is 1.45. The molecular formula is C13H15N3. The van der Waals surface area contributed by atoms with Gasteiger partial charge in [0.2, 0.25) is 0 Å². The molecule has 3 nitrogen and oxygen atoms in total. The Bertz CT molecular complexity index is 354. The molecule has 1 rings (SSSR count). The van der Waals surface area contributed by atoms with Crippen molar-refractivity contribution in [2.75, 3.05) is 13.1 Å². The molecule has 0 bridgehead atoms. The summed E-state index contributed by atoms with van der Waals surface area (Å²) in [6, 6.07) is 6.10. The molecule has 0 amide bonds. The summed E-state index contributed by atoms with van der Waals surface area (Å²) in [5, 5.41) is 8.58. The quantitative estimate of drug-likeness (QED) is 0.677. The molecule has 0 saturated heterocycles. The minimum absolute atomic E-state index is 0.533. The van der Waals surface area contributed by atoms with E-state index >= 15 is 0 Å². The summed E-state index contributed by atoms with van der Waals surface area (Å²) in [5.41, 5.74) is 1.15. The molecule has 82 valence electrons. The number of hydrogen-bond acceptors (Lipinski definition) is 3. The van der Waals surface area contributed by atoms with Gasteiger partial charge in [0.25, 0.3) is 0 Å². The maximum Gasteiger partial charge on any atom is 0.0635 e. The van der Waals surface area contributed by atoms with Gasteiger partial charge in [-0.15, -0.1) is 12.3 Å². The van der Waals surface area contributed by atoms with Crippen LogP contribution in [0.3, 0.4) is 0 Å². The number of pyridine rings is 1. The van der Waals surface area contributed by atoms with Crippen molar-refractivity contribution in [1.82, 2.24) is 9.88 Å². The Morgan fingerprint density at radius 3 is 2.81 bits per heavy atom. The molecule has 0 aliphatic heterocycles. The second-order valence-electron chi connectivity index (χ2n) is 3.50. The van der Waals surface area contributed by atoms with Crippen LogP contribution in [0.25, 0.3) is 0 Å². The topological polar surface area (TPSA) is 39.9 Å². The van der Waals surface area contributed by atoms with Crippen LogP contribution in [-0.4, -0.2) is 23.0 Å². The number of nitriles is 1. The predicted octanol–water partition coefficient (Wildman–Crippen LogP) is 1.82. The van der Waals surface area contributed by atoms with Crippen LogP contribution in [0, 0.1) is 23.7 Å². The van der Waals surface area contributed by atoms with E-state index in [9.17, 15) is 0 Å². The Kier molecular flexibility index (Phi) is 5.70. The summed E-state index contributed by atoms with van der Waals surface area (Å²) >= 11 is 0. The van der Waals surface area contributed by atoms with Crippen molar-refractivity contribution in [1.29, 1.82) is 5.26 Å². The highest BCUT2D eigenvalue weighted by molar-refractivity contribution is 5.08. The van der Waals surface area contributed by atoms with Gasteiger partial charge < -0.3 is 0 Å². The first kappa shape index (κ1) is 12.2. The van der Waals surface area contributed by atoms with Crippen LogP contribution in [0.1, 0.15) is 18.4 Å². The second-order valence-corrected chi connectivity index (χ2v) is 3.50. The summed E-state index contributed by atoms with van der Waals surface area (Å²) < 4.78 is 0. The third kappa shape index (κ3) is 4.59. The lowest BCUT2D eigenvalue weighted by atomic mass is 10.2. The van der Waals surface area contributed by atoms with Crippen molar-refractivity contribution in [2.24, 2.45) is 0 Å². The number of aromatic nitrogens is 1. The SMILES string of the molecule is C#CCCN(CCC#N)Cc1cccnc1. The molecule has 0 unspecified atom stereocenters. The first-order valence-electron chi connectivity index (χ1n) is 5.28. The predicted molar refractivity (Wildman–Crippen MR) is 63.2 cm³/mol. The number of nitrogens with zero attached hydrogens (tertiary/aromatic N) is 3. The smallest absolute Gasteiger partial charge is 0.0635 e. The fraction of sp³-hybridized carbons (Fsp3) is 0.385. The molecule has 0 N–H and O–H groups in total. The number of hydrogen-bond donors (Lipinski definition) is 0. The molecule has 3 heteroatoms. The van der Waals surface area contributed by atoms with E-state index in [0.29, 0.717) is 12.8 Å². The zero-order chi connectivity index (χ0) is 11.6. The molecule has 1 heterocycles. The third-order valence-electron chi connectivity index (χ3n) is 2.24. The zero-order valence-corrected chi connectivity index (χ0v) is 9.26. The molecular weight excluding hydrogens is 198 g/mol. The number of rotatable bonds is 6. The van der Waals surface area contributed by atoms with Gasteiger partial charge in [0.05, 0.1) is 6.07 Å². The van der Waals surface area contributed by atoms with Crippen molar-refractivity contribution in [3.8, 4) is 18.4 Å². The van der Waals surface area contributed by atoms with Gasteiger partial charge in [0, 0.05) is 44.9 Å². The van der Waals surface area contributed by atoms with Crippen molar-refractivity contribution in [3.05, 3.63) is 30.1 Å². The van der Waals surface area contributed by atoms with E-state index in [2.05, 4.69) is 21.9 Å². The van der Waals surface area contributed by atoms with Crippen molar-refractivity contribution >= 4 is 0 Å². The van der Waals surface area contributed by atoms with Gasteiger partial charge >= 0.3 is 0 Å². The largest absolute Gasteiger partial charge is 0.297 e. The Morgan fingerprint density at radius 2 is 2.19 bits per heavy atom. The van der Waals surface area contributed by atoms with Gasteiger partial charge in [0.1, 0.15) is 0 Å². The third-order valence-corrected chi connectivity index (χ3v) is 2.24. The molecule has 16 heavy (non-hydrogen) atoms. The van der Waals surface area contributed by atoms with Crippen LogP contribution in [0.4, 0.5) is 0 Å². The molecule has 0 atom stereocenters. The van der Waals surface area contributed by atoms with Gasteiger partial charge in [0.15, 0.2) is 0 Å². The van der Waals surface area contributed by atoms with Crippen LogP contribution in [0.5, 0.6) is 0 Å². The van der Waals surface area contributed by atoms with Crippen LogP contribution < -0.4 is 0 Å². The highest BCUT2D eigenvalue weighted by atomic mass is 15.1. The summed E-state index contributed by atoms with van der Waals surface area (Å²) in [5.74, 6) is 2.62. The number of terminal acetylenes is 1. The maximum atomic E-state index is 8.58. The van der Waals surface area contributed by atoms with E-state index < -0.39 is 0 Å². The van der Waals surface area contributed by atoms with Gasteiger partial charge in [-0.1, -0.05) is 6.07 Å². The van der Waals surface area contributed by atoms with Crippen LogP contribution >= 0.6 is 0 Å². The summed E-state index contributed by atoms with van der Waals surface area (Å²) in [6.45, 7) is 2.39. The van der Waals surface area contributed by atoms with E-state index in [1.165, 1.54) is 0 Å². The van der Waals surface area contributed by atoms with Gasteiger partial charge in [-0.3, -0.25) is 9.88 Å². The zero-order valence-electron chi connectivity index (χ0n) is 9.26. The molecule has 0 aromatic carbocycles. The molecule has 0 aliphatic rings. The first-order valence-corrected chi connectivity index (χ1v) is 5.28. The monoisotopic (exact) mass is 213 g/mol. The Hall–Kier alpha value is -1.84. The second kappa shape index (κ2) is 7.45. The van der Waals surface area contributed by atoms with Crippen molar-refractivity contribution in [2.45, 2.75) is 19.4 Å². The van der Waals surface area contributed by atoms with Crippen molar-refractivity contribution < 1.29 is 0 Å². The highest BCUT2D eigenvalue weighted by Gasteiger charge is 2.04. The first-order chi connectivity index (χ1) is 7.86. The van der Waals surface area contributed by atoms with Crippen LogP contribution in [0.15, 0.2) is 24.5 Å². The molecule has 0 aliphatic carbocycles. The maximum absolute atomic E-state index is 8.58. The minimum atomic E-state index is 0.533. The summed E-state index contributed by atoms with van der Waals surface area (Å²) in [7, 11) is 0. The minimum Gasteiger partial charge on any atom is -0.297 e. The lowest BCUT2D eigenvalue weighted by Gasteiger charge is -2.19. The van der Waals surface area contributed by atoms with E-state index in [4.69, 9.17) is 11.7 Å². The lowest BCUT2D eigenvalue weighted by Crippen LogP contribution is -2.25. The molecule has 1 aromatic heterocycles. The van der Waals surface area contributed by atoms with E-state index in [0.717, 1.165) is 25.2 Å². The Balaban J connectivity index is 2.50. The van der Waals surface area contributed by atoms with E-state index in [1.807, 2.05) is 18.3 Å². The van der Waals surface area contributed by atoms with Gasteiger partial charge in [-0.05, 0) is 11.6 Å². The average molecular weight is 213 g/mol. The standard InChI is InChI=1S/C13H15N3/c1-2-3-9-16(10-5-7-14)12-13-6-4-8-15-11-13/h1,4,6,8,11H,3,5,9-10,12H2. The van der Waals surface area contributed by atoms with E-state index in [1.54, 1.807) is 6.20 Å². The van der Waals surface area contributed by atoms with Gasteiger partial charge in [-0.2, -0.15) is 5.26 Å². The molecule has 0 saturated carbocycles. The van der Waals surface area contributed by atoms with Crippen LogP contribution in [-0.2, 0) is 6.54 Å². The normalized spacial score (nSPS) is 9.69. The summed E-state index contributed by atoms with van der Waals surface area (Å²) in [6.07, 6.45) is 10.1. The Morgan fingerprint density at radius 1 is 1.38 bits per heavy atom. The van der Waals surface area contributed by atoms with E-state index in [-0.39, 0.29) is 0 Å². The highest BCUT2D eigenvalue weighted by Crippen LogP contribution is 2.04. The molecule has 0 fully saturated rings. The lowest BCUT2D eigenvalue weighted by molar-refractivity contribution is 0.278. The molecule has 0 spiro atoms. The fourth-order valence-corrected chi connectivity index (χ4v) is 1.45. The van der Waals surface area contributed by atoms with Crippen molar-refractivity contribution in [3.63, 3.8) is 0 Å². The Labute approximate surface area is 96.7 Å².